The van der Waals surface area contributed by atoms with E-state index in [-0.39, 0.29) is 11.9 Å². The Morgan fingerprint density at radius 1 is 1.18 bits per heavy atom. The van der Waals surface area contributed by atoms with Crippen LogP contribution in [0.4, 0.5) is 15.8 Å². The van der Waals surface area contributed by atoms with Gasteiger partial charge < -0.3 is 10.6 Å². The van der Waals surface area contributed by atoms with Crippen molar-refractivity contribution in [1.29, 1.82) is 5.26 Å². The van der Waals surface area contributed by atoms with Crippen LogP contribution in [0.25, 0.3) is 10.9 Å². The van der Waals surface area contributed by atoms with E-state index in [0.29, 0.717) is 56.1 Å². The topological polar surface area (TPSA) is 91.5 Å². The largest absolute Gasteiger partial charge is 0.380 e. The van der Waals surface area contributed by atoms with Gasteiger partial charge >= 0.3 is 0 Å². The molecule has 194 valence electrons. The summed E-state index contributed by atoms with van der Waals surface area (Å²) in [6, 6.07) is 10.6. The average Bonchev–Trinajstić information content (AvgIpc) is 3.66. The van der Waals surface area contributed by atoms with Gasteiger partial charge in [0.15, 0.2) is 0 Å². The van der Waals surface area contributed by atoms with Crippen LogP contribution in [-0.2, 0) is 0 Å². The minimum atomic E-state index is -1.58. The molecule has 0 aliphatic heterocycles. The summed E-state index contributed by atoms with van der Waals surface area (Å²) >= 11 is 6.74. The minimum Gasteiger partial charge on any atom is -0.380 e. The first kappa shape index (κ1) is 23.4. The van der Waals surface area contributed by atoms with Crippen molar-refractivity contribution in [3.63, 3.8) is 0 Å². The van der Waals surface area contributed by atoms with E-state index < -0.39 is 6.02 Å². The maximum atomic E-state index is 13.8. The van der Waals surface area contributed by atoms with Gasteiger partial charge in [0.1, 0.15) is 17.6 Å². The van der Waals surface area contributed by atoms with Gasteiger partial charge in [0, 0.05) is 23.3 Å². The van der Waals surface area contributed by atoms with Crippen molar-refractivity contribution in [2.24, 2.45) is 5.92 Å². The number of aromatic nitrogens is 4. The van der Waals surface area contributed by atoms with Crippen molar-refractivity contribution < 1.29 is 5.76 Å². The quantitative estimate of drug-likeness (QED) is 0.267. The lowest BCUT2D eigenvalue weighted by Crippen LogP contribution is -2.30. The number of hydrogen-bond acceptors (Lipinski definition) is 6. The third-order valence-corrected chi connectivity index (χ3v) is 7.86. The Morgan fingerprint density at radius 2 is 1.97 bits per heavy atom. The molecule has 2 aromatic carbocycles. The smallest absolute Gasteiger partial charge is 0.123 e. The van der Waals surface area contributed by atoms with E-state index in [2.05, 4.69) is 38.9 Å². The van der Waals surface area contributed by atoms with E-state index in [0.717, 1.165) is 32.1 Å². The fraction of sp³-hybridized carbons (Fsp3) is 0.379. The van der Waals surface area contributed by atoms with Crippen LogP contribution in [-0.4, -0.2) is 26.0 Å². The molecule has 2 aliphatic carbocycles. The van der Waals surface area contributed by atoms with E-state index in [4.69, 9.17) is 11.6 Å². The Kier molecular flexibility index (Phi) is 6.30. The van der Waals surface area contributed by atoms with E-state index in [1.807, 2.05) is 6.07 Å². The van der Waals surface area contributed by atoms with Crippen LogP contribution in [0.15, 0.2) is 48.8 Å². The van der Waals surface area contributed by atoms with Crippen LogP contribution < -0.4 is 10.6 Å². The second kappa shape index (κ2) is 10.2. The van der Waals surface area contributed by atoms with Crippen molar-refractivity contribution in [3.8, 4) is 6.07 Å². The summed E-state index contributed by atoms with van der Waals surface area (Å²) in [6.07, 6.45) is 9.90. The van der Waals surface area contributed by atoms with Crippen molar-refractivity contribution in [1.82, 2.24) is 20.0 Å². The Balaban J connectivity index is 1.45. The summed E-state index contributed by atoms with van der Waals surface area (Å²) < 4.78 is 25.2. The molecule has 2 saturated carbocycles. The van der Waals surface area contributed by atoms with Gasteiger partial charge in [-0.15, -0.1) is 5.10 Å². The first-order valence-corrected chi connectivity index (χ1v) is 13.5. The minimum absolute atomic E-state index is 0.235. The molecular formula is C29H29ClFN7. The first-order valence-electron chi connectivity index (χ1n) is 13.6. The second-order valence-electron chi connectivity index (χ2n) is 10.3. The number of halogens is 2. The molecule has 2 fully saturated rings. The third kappa shape index (κ3) is 4.91. The molecule has 2 aliphatic rings. The predicted molar refractivity (Wildman–Crippen MR) is 147 cm³/mol. The summed E-state index contributed by atoms with van der Waals surface area (Å²) in [7, 11) is 0. The summed E-state index contributed by atoms with van der Waals surface area (Å²) in [5.74, 6) is 0.0815. The van der Waals surface area contributed by atoms with E-state index in [1.54, 1.807) is 35.3 Å². The summed E-state index contributed by atoms with van der Waals surface area (Å²) in [4.78, 5) is 4.48. The molecule has 2 heterocycles. The van der Waals surface area contributed by atoms with Crippen molar-refractivity contribution in [2.75, 3.05) is 10.6 Å². The fourth-order valence-electron chi connectivity index (χ4n) is 5.24. The summed E-state index contributed by atoms with van der Waals surface area (Å²) in [5, 5.41) is 26.5. The molecule has 38 heavy (non-hydrogen) atoms. The third-order valence-electron chi connectivity index (χ3n) is 7.58. The molecule has 0 saturated heterocycles. The highest BCUT2D eigenvalue weighted by molar-refractivity contribution is 6.35. The molecule has 3 atom stereocenters. The SMILES string of the molecule is [2H][C@](Nc1cc(Cl)c2ncc(C#N)c(NC3CCCCC3C)c2c1)(c1ccc(F)cc1)c1cn(C2CC2)nn1. The van der Waals surface area contributed by atoms with Gasteiger partial charge in [-0.3, -0.25) is 4.98 Å². The van der Waals surface area contributed by atoms with Crippen LogP contribution in [0.3, 0.4) is 0 Å². The molecule has 2 aromatic heterocycles. The highest BCUT2D eigenvalue weighted by atomic mass is 35.5. The number of benzene rings is 2. The van der Waals surface area contributed by atoms with Gasteiger partial charge in [0.05, 0.1) is 41.4 Å². The Hall–Kier alpha value is -3.70. The summed E-state index contributed by atoms with van der Waals surface area (Å²) in [6.45, 7) is 2.23. The van der Waals surface area contributed by atoms with Crippen LogP contribution >= 0.6 is 11.6 Å². The number of pyridine rings is 1. The van der Waals surface area contributed by atoms with Gasteiger partial charge in [-0.25, -0.2) is 9.07 Å². The maximum Gasteiger partial charge on any atom is 0.123 e. The zero-order valence-electron chi connectivity index (χ0n) is 22.1. The van der Waals surface area contributed by atoms with Crippen LogP contribution in [0, 0.1) is 23.1 Å². The van der Waals surface area contributed by atoms with Gasteiger partial charge in [0.25, 0.3) is 0 Å². The van der Waals surface area contributed by atoms with Gasteiger partial charge in [-0.2, -0.15) is 5.26 Å². The highest BCUT2D eigenvalue weighted by Gasteiger charge is 2.28. The first-order chi connectivity index (χ1) is 18.9. The van der Waals surface area contributed by atoms with Crippen LogP contribution in [0.2, 0.25) is 5.02 Å². The molecule has 6 rings (SSSR count). The van der Waals surface area contributed by atoms with Crippen LogP contribution in [0.1, 0.15) is 75.7 Å². The monoisotopic (exact) mass is 530 g/mol. The fourth-order valence-corrected chi connectivity index (χ4v) is 5.51. The Bertz CT molecular complexity index is 1560. The number of anilines is 2. The Morgan fingerprint density at radius 3 is 2.71 bits per heavy atom. The Labute approximate surface area is 227 Å². The molecule has 4 aromatic rings. The van der Waals surface area contributed by atoms with E-state index in [9.17, 15) is 11.0 Å². The number of nitrogens with one attached hydrogen (secondary N) is 2. The molecule has 0 bridgehead atoms. The zero-order valence-corrected chi connectivity index (χ0v) is 21.8. The number of nitriles is 1. The lowest BCUT2D eigenvalue weighted by Gasteiger charge is -2.31. The normalized spacial score (nSPS) is 21.4. The molecule has 0 amide bonds. The van der Waals surface area contributed by atoms with Crippen molar-refractivity contribution in [2.45, 2.75) is 63.6 Å². The molecular weight excluding hydrogens is 501 g/mol. The predicted octanol–water partition coefficient (Wildman–Crippen LogP) is 7.02. The van der Waals surface area contributed by atoms with Crippen molar-refractivity contribution >= 4 is 33.9 Å². The number of nitrogens with zero attached hydrogens (tertiary/aromatic N) is 5. The van der Waals surface area contributed by atoms with Gasteiger partial charge in [-0.05, 0) is 61.4 Å². The number of rotatable bonds is 7. The van der Waals surface area contributed by atoms with Crippen LogP contribution in [0.5, 0.6) is 0 Å². The van der Waals surface area contributed by atoms with Gasteiger partial charge in [-0.1, -0.05) is 48.7 Å². The molecule has 2 N–H and O–H groups in total. The lowest BCUT2D eigenvalue weighted by atomic mass is 9.85. The standard InChI is InChI=1S/C29H29ClFN7/c1-17-4-2-3-5-25(17)35-27-19(14-32)15-33-29-23(27)12-21(13-24(29)30)34-28(18-6-8-20(31)9-7-18)26-16-38(37-36-26)22-10-11-22/h6-9,12-13,15-17,22,25,28,34H,2-5,10-11H2,1H3,(H,33,35)/t17?,25?,28-/m0/s1/i28D. The lowest BCUT2D eigenvalue weighted by molar-refractivity contribution is 0.349. The molecule has 9 heteroatoms. The van der Waals surface area contributed by atoms with Crippen molar-refractivity contribution in [3.05, 3.63) is 76.5 Å². The van der Waals surface area contributed by atoms with Gasteiger partial charge in [0.2, 0.25) is 0 Å². The molecule has 0 spiro atoms. The zero-order chi connectivity index (χ0) is 27.1. The molecule has 2 unspecified atom stereocenters. The highest BCUT2D eigenvalue weighted by Crippen LogP contribution is 2.38. The number of hydrogen-bond donors (Lipinski definition) is 2. The second-order valence-corrected chi connectivity index (χ2v) is 10.8. The molecule has 7 nitrogen and oxygen atoms in total. The number of fused-ring (bicyclic) bond motifs is 1. The summed E-state index contributed by atoms with van der Waals surface area (Å²) in [5.41, 5.74) is 3.14. The molecule has 0 radical (unpaired) electrons. The van der Waals surface area contributed by atoms with E-state index in [1.165, 1.54) is 18.6 Å². The maximum absolute atomic E-state index is 13.8. The average molecular weight is 531 g/mol. The van der Waals surface area contributed by atoms with E-state index >= 15 is 0 Å².